The number of nitrogens with zero attached hydrogens (tertiary/aromatic N) is 2. The van der Waals surface area contributed by atoms with E-state index in [0.29, 0.717) is 5.82 Å². The minimum Gasteiger partial charge on any atom is -0.307 e. The molecule has 4 nitrogen and oxygen atoms in total. The smallest absolute Gasteiger partial charge is 0.259 e. The molecule has 100 valence electrons. The number of benzene rings is 1. The van der Waals surface area contributed by atoms with Crippen molar-refractivity contribution in [2.45, 2.75) is 19.9 Å². The highest BCUT2D eigenvalue weighted by atomic mass is 19.2. The van der Waals surface area contributed by atoms with E-state index < -0.39 is 17.5 Å². The fourth-order valence-electron chi connectivity index (χ4n) is 1.69. The van der Waals surface area contributed by atoms with Gasteiger partial charge in [-0.05, 0) is 26.0 Å². The SMILES string of the molecule is CC(C)n1nccc1NC(=O)c1cccc(F)c1F. The lowest BCUT2D eigenvalue weighted by Gasteiger charge is -2.12. The van der Waals surface area contributed by atoms with Crippen LogP contribution >= 0.6 is 0 Å². The molecule has 1 aromatic heterocycles. The first-order valence-electron chi connectivity index (χ1n) is 5.79. The molecule has 6 heteroatoms. The van der Waals surface area contributed by atoms with Crippen LogP contribution in [0.15, 0.2) is 30.5 Å². The van der Waals surface area contributed by atoms with E-state index in [1.54, 1.807) is 10.7 Å². The van der Waals surface area contributed by atoms with Gasteiger partial charge in [-0.1, -0.05) is 6.07 Å². The Kier molecular flexibility index (Phi) is 3.59. The van der Waals surface area contributed by atoms with E-state index in [9.17, 15) is 13.6 Å². The highest BCUT2D eigenvalue weighted by Gasteiger charge is 2.17. The van der Waals surface area contributed by atoms with Gasteiger partial charge in [-0.25, -0.2) is 13.5 Å². The predicted molar refractivity (Wildman–Crippen MR) is 66.9 cm³/mol. The summed E-state index contributed by atoms with van der Waals surface area (Å²) in [6.07, 6.45) is 1.53. The van der Waals surface area contributed by atoms with Crippen molar-refractivity contribution in [2.75, 3.05) is 5.32 Å². The van der Waals surface area contributed by atoms with Crippen LogP contribution < -0.4 is 5.32 Å². The van der Waals surface area contributed by atoms with Gasteiger partial charge in [0.05, 0.1) is 11.8 Å². The molecule has 0 saturated heterocycles. The standard InChI is InChI=1S/C13H13F2N3O/c1-8(2)18-11(6-7-16-18)17-13(19)9-4-3-5-10(14)12(9)15/h3-8H,1-2H3,(H,17,19). The molecule has 1 heterocycles. The number of aromatic nitrogens is 2. The Morgan fingerprint density at radius 1 is 1.32 bits per heavy atom. The third-order valence-corrected chi connectivity index (χ3v) is 2.60. The normalized spacial score (nSPS) is 10.8. The van der Waals surface area contributed by atoms with E-state index in [-0.39, 0.29) is 11.6 Å². The molecule has 0 fully saturated rings. The Hall–Kier alpha value is -2.24. The number of hydrogen-bond donors (Lipinski definition) is 1. The lowest BCUT2D eigenvalue weighted by Crippen LogP contribution is -2.18. The average Bonchev–Trinajstić information content (AvgIpc) is 2.80. The van der Waals surface area contributed by atoms with Gasteiger partial charge in [-0.3, -0.25) is 4.79 Å². The molecule has 0 aliphatic heterocycles. The highest BCUT2D eigenvalue weighted by molar-refractivity contribution is 6.04. The van der Waals surface area contributed by atoms with Crippen LogP contribution in [0.1, 0.15) is 30.2 Å². The quantitative estimate of drug-likeness (QED) is 0.927. The lowest BCUT2D eigenvalue weighted by molar-refractivity contribution is 0.102. The van der Waals surface area contributed by atoms with Crippen molar-refractivity contribution in [2.24, 2.45) is 0 Å². The topological polar surface area (TPSA) is 46.9 Å². The van der Waals surface area contributed by atoms with Crippen molar-refractivity contribution in [1.29, 1.82) is 0 Å². The van der Waals surface area contributed by atoms with Crippen molar-refractivity contribution in [3.05, 3.63) is 47.7 Å². The highest BCUT2D eigenvalue weighted by Crippen LogP contribution is 2.16. The van der Waals surface area contributed by atoms with E-state index in [2.05, 4.69) is 10.4 Å². The van der Waals surface area contributed by atoms with E-state index in [1.165, 1.54) is 18.3 Å². The van der Waals surface area contributed by atoms with Gasteiger partial charge in [0, 0.05) is 12.1 Å². The predicted octanol–water partition coefficient (Wildman–Crippen LogP) is 2.99. The van der Waals surface area contributed by atoms with Gasteiger partial charge in [-0.2, -0.15) is 5.10 Å². The second-order valence-electron chi connectivity index (χ2n) is 4.31. The zero-order chi connectivity index (χ0) is 14.0. The molecule has 2 aromatic rings. The van der Waals surface area contributed by atoms with Crippen molar-refractivity contribution in [3.8, 4) is 0 Å². The zero-order valence-corrected chi connectivity index (χ0v) is 10.5. The summed E-state index contributed by atoms with van der Waals surface area (Å²) in [5, 5.41) is 6.55. The Bertz CT molecular complexity index is 608. The summed E-state index contributed by atoms with van der Waals surface area (Å²) in [4.78, 5) is 11.9. The number of halogens is 2. The number of carbonyl (C=O) groups excluding carboxylic acids is 1. The third kappa shape index (κ3) is 2.62. The Morgan fingerprint density at radius 3 is 2.74 bits per heavy atom. The fourth-order valence-corrected chi connectivity index (χ4v) is 1.69. The van der Waals surface area contributed by atoms with Crippen LogP contribution in [-0.2, 0) is 0 Å². The first kappa shape index (κ1) is 13.2. The van der Waals surface area contributed by atoms with E-state index in [4.69, 9.17) is 0 Å². The summed E-state index contributed by atoms with van der Waals surface area (Å²) in [5.41, 5.74) is -0.337. The molecule has 0 aliphatic carbocycles. The van der Waals surface area contributed by atoms with Crippen LogP contribution in [0.4, 0.5) is 14.6 Å². The van der Waals surface area contributed by atoms with Gasteiger partial charge < -0.3 is 5.32 Å². The molecule has 1 aromatic carbocycles. The maximum absolute atomic E-state index is 13.5. The number of nitrogens with one attached hydrogen (secondary N) is 1. The van der Waals surface area contributed by atoms with Crippen LogP contribution in [0.3, 0.4) is 0 Å². The summed E-state index contributed by atoms with van der Waals surface area (Å²) in [7, 11) is 0. The minimum absolute atomic E-state index is 0.0441. The van der Waals surface area contributed by atoms with Gasteiger partial charge in [0.1, 0.15) is 5.82 Å². The first-order chi connectivity index (χ1) is 9.00. The Morgan fingerprint density at radius 2 is 2.05 bits per heavy atom. The molecule has 0 unspecified atom stereocenters. The van der Waals surface area contributed by atoms with Gasteiger partial charge >= 0.3 is 0 Å². The molecule has 1 amide bonds. The summed E-state index contributed by atoms with van der Waals surface area (Å²) in [6, 6.07) is 5.11. The summed E-state index contributed by atoms with van der Waals surface area (Å²) in [6.45, 7) is 3.79. The average molecular weight is 265 g/mol. The second kappa shape index (κ2) is 5.17. The van der Waals surface area contributed by atoms with E-state index in [1.807, 2.05) is 13.8 Å². The molecular weight excluding hydrogens is 252 g/mol. The van der Waals surface area contributed by atoms with E-state index >= 15 is 0 Å². The summed E-state index contributed by atoms with van der Waals surface area (Å²) < 4.78 is 28.1. The van der Waals surface area contributed by atoms with Crippen LogP contribution in [0.5, 0.6) is 0 Å². The second-order valence-corrected chi connectivity index (χ2v) is 4.31. The van der Waals surface area contributed by atoms with Crippen LogP contribution in [0, 0.1) is 11.6 Å². The van der Waals surface area contributed by atoms with Gasteiger partial charge in [0.15, 0.2) is 11.6 Å². The minimum atomic E-state index is -1.16. The molecule has 0 atom stereocenters. The molecule has 0 bridgehead atoms. The Labute approximate surface area is 109 Å². The summed E-state index contributed by atoms with van der Waals surface area (Å²) in [5.74, 6) is -2.48. The molecule has 0 radical (unpaired) electrons. The number of amides is 1. The zero-order valence-electron chi connectivity index (χ0n) is 10.5. The van der Waals surface area contributed by atoms with Gasteiger partial charge in [0.2, 0.25) is 0 Å². The van der Waals surface area contributed by atoms with Crippen molar-refractivity contribution in [3.63, 3.8) is 0 Å². The van der Waals surface area contributed by atoms with Crippen LogP contribution in [0.2, 0.25) is 0 Å². The number of carbonyl (C=O) groups is 1. The van der Waals surface area contributed by atoms with Gasteiger partial charge in [-0.15, -0.1) is 0 Å². The van der Waals surface area contributed by atoms with Crippen molar-refractivity contribution < 1.29 is 13.6 Å². The maximum Gasteiger partial charge on any atom is 0.259 e. The molecule has 0 spiro atoms. The number of rotatable bonds is 3. The number of anilines is 1. The lowest BCUT2D eigenvalue weighted by atomic mass is 10.2. The summed E-state index contributed by atoms with van der Waals surface area (Å²) >= 11 is 0. The third-order valence-electron chi connectivity index (χ3n) is 2.60. The maximum atomic E-state index is 13.5. The van der Waals surface area contributed by atoms with Crippen LogP contribution in [0.25, 0.3) is 0 Å². The molecule has 0 saturated carbocycles. The molecular formula is C13H13F2N3O. The monoisotopic (exact) mass is 265 g/mol. The molecule has 2 rings (SSSR count). The van der Waals surface area contributed by atoms with Crippen molar-refractivity contribution in [1.82, 2.24) is 9.78 Å². The fraction of sp³-hybridized carbons (Fsp3) is 0.231. The van der Waals surface area contributed by atoms with Gasteiger partial charge in [0.25, 0.3) is 5.91 Å². The van der Waals surface area contributed by atoms with Crippen LogP contribution in [-0.4, -0.2) is 15.7 Å². The van der Waals surface area contributed by atoms with Crippen molar-refractivity contribution >= 4 is 11.7 Å². The Balaban J connectivity index is 2.26. The largest absolute Gasteiger partial charge is 0.307 e. The van der Waals surface area contributed by atoms with E-state index in [0.717, 1.165) is 6.07 Å². The molecule has 1 N–H and O–H groups in total. The molecule has 0 aliphatic rings. The molecule has 19 heavy (non-hydrogen) atoms. The number of hydrogen-bond acceptors (Lipinski definition) is 2. The first-order valence-corrected chi connectivity index (χ1v) is 5.79.